The molecule has 1 unspecified atom stereocenters. The number of nitrogens with one attached hydrogen (secondary N) is 1. The van der Waals surface area contributed by atoms with Gasteiger partial charge in [-0.2, -0.15) is 0 Å². The summed E-state index contributed by atoms with van der Waals surface area (Å²) in [4.78, 5) is 0. The number of benzene rings is 1. The highest BCUT2D eigenvalue weighted by Gasteiger charge is 2.26. The fourth-order valence-corrected chi connectivity index (χ4v) is 2.86. The summed E-state index contributed by atoms with van der Waals surface area (Å²) in [5.74, 6) is 0.378. The van der Waals surface area contributed by atoms with Gasteiger partial charge in [-0.1, -0.05) is 29.4 Å². The van der Waals surface area contributed by atoms with Crippen LogP contribution in [0.2, 0.25) is 0 Å². The first-order valence-electron chi connectivity index (χ1n) is 6.66. The molecule has 1 aromatic heterocycles. The average molecular weight is 242 g/mol. The van der Waals surface area contributed by atoms with Gasteiger partial charge in [-0.3, -0.25) is 0 Å². The van der Waals surface area contributed by atoms with Crippen molar-refractivity contribution < 1.29 is 4.52 Å². The Hall–Kier alpha value is -1.77. The molecule has 0 saturated carbocycles. The number of aromatic nitrogens is 1. The third kappa shape index (κ3) is 1.90. The maximum atomic E-state index is 5.15. The van der Waals surface area contributed by atoms with Crippen molar-refractivity contribution in [3.63, 3.8) is 0 Å². The maximum absolute atomic E-state index is 5.15. The van der Waals surface area contributed by atoms with E-state index < -0.39 is 0 Å². The van der Waals surface area contributed by atoms with Gasteiger partial charge in [0.25, 0.3) is 0 Å². The lowest BCUT2D eigenvalue weighted by Gasteiger charge is -2.24. The molecule has 1 N–H and O–H groups in total. The van der Waals surface area contributed by atoms with Crippen LogP contribution in [-0.4, -0.2) is 11.7 Å². The number of aryl methyl sites for hydroxylation is 1. The van der Waals surface area contributed by atoms with Gasteiger partial charge in [0.05, 0.1) is 5.69 Å². The molecule has 18 heavy (non-hydrogen) atoms. The Kier molecular flexibility index (Phi) is 3.05. The number of nitrogens with zero attached hydrogens (tertiary/aromatic N) is 1. The Labute approximate surface area is 107 Å². The van der Waals surface area contributed by atoms with Crippen LogP contribution in [0.25, 0.3) is 0 Å². The number of hydrogen-bond acceptors (Lipinski definition) is 3. The predicted molar refractivity (Wildman–Crippen MR) is 71.9 cm³/mol. The molecule has 1 aromatic carbocycles. The zero-order valence-corrected chi connectivity index (χ0v) is 10.6. The summed E-state index contributed by atoms with van der Waals surface area (Å²) in [6, 6.07) is 8.69. The van der Waals surface area contributed by atoms with Gasteiger partial charge in [0.15, 0.2) is 0 Å². The SMILES string of the molecule is CCNc1conc1C1CCCc2ccccc21. The van der Waals surface area contributed by atoms with E-state index in [-0.39, 0.29) is 0 Å². The Morgan fingerprint density at radius 3 is 3.17 bits per heavy atom. The van der Waals surface area contributed by atoms with Crippen LogP contribution in [0.4, 0.5) is 5.69 Å². The van der Waals surface area contributed by atoms with E-state index in [1.54, 1.807) is 6.26 Å². The predicted octanol–water partition coefficient (Wildman–Crippen LogP) is 3.57. The molecule has 0 radical (unpaired) electrons. The zero-order chi connectivity index (χ0) is 12.4. The van der Waals surface area contributed by atoms with E-state index in [1.807, 2.05) is 0 Å². The maximum Gasteiger partial charge on any atom is 0.147 e. The number of rotatable bonds is 3. The third-order valence-corrected chi connectivity index (χ3v) is 3.66. The Morgan fingerprint density at radius 2 is 2.28 bits per heavy atom. The molecular formula is C15H18N2O. The van der Waals surface area contributed by atoms with Crippen LogP contribution in [0.5, 0.6) is 0 Å². The molecule has 0 fully saturated rings. The van der Waals surface area contributed by atoms with Crippen LogP contribution in [0.1, 0.15) is 42.5 Å². The zero-order valence-electron chi connectivity index (χ0n) is 10.6. The van der Waals surface area contributed by atoms with Crippen LogP contribution >= 0.6 is 0 Å². The molecule has 1 atom stereocenters. The minimum atomic E-state index is 0.378. The monoisotopic (exact) mass is 242 g/mol. The van der Waals surface area contributed by atoms with Gasteiger partial charge < -0.3 is 9.84 Å². The van der Waals surface area contributed by atoms with Gasteiger partial charge in [0.2, 0.25) is 0 Å². The van der Waals surface area contributed by atoms with Crippen molar-refractivity contribution in [1.29, 1.82) is 0 Å². The van der Waals surface area contributed by atoms with Crippen LogP contribution in [0, 0.1) is 0 Å². The molecular weight excluding hydrogens is 224 g/mol. The van der Waals surface area contributed by atoms with Gasteiger partial charge in [0, 0.05) is 12.5 Å². The Balaban J connectivity index is 2.00. The first-order valence-corrected chi connectivity index (χ1v) is 6.66. The molecule has 0 spiro atoms. The van der Waals surface area contributed by atoms with Crippen molar-refractivity contribution >= 4 is 5.69 Å². The van der Waals surface area contributed by atoms with Gasteiger partial charge in [0.1, 0.15) is 12.0 Å². The van der Waals surface area contributed by atoms with Crippen molar-refractivity contribution in [2.24, 2.45) is 0 Å². The second-order valence-electron chi connectivity index (χ2n) is 4.79. The molecule has 0 amide bonds. The highest BCUT2D eigenvalue weighted by molar-refractivity contribution is 5.51. The molecule has 3 nitrogen and oxygen atoms in total. The molecule has 1 aliphatic carbocycles. The molecule has 0 aliphatic heterocycles. The summed E-state index contributed by atoms with van der Waals surface area (Å²) in [6.07, 6.45) is 5.28. The summed E-state index contributed by atoms with van der Waals surface area (Å²) in [7, 11) is 0. The second kappa shape index (κ2) is 4.84. The number of fused-ring (bicyclic) bond motifs is 1. The summed E-state index contributed by atoms with van der Waals surface area (Å²) >= 11 is 0. The van der Waals surface area contributed by atoms with Gasteiger partial charge >= 0.3 is 0 Å². The third-order valence-electron chi connectivity index (χ3n) is 3.66. The minimum absolute atomic E-state index is 0.378. The van der Waals surface area contributed by atoms with E-state index in [4.69, 9.17) is 4.52 Å². The minimum Gasteiger partial charge on any atom is -0.381 e. The lowest BCUT2D eigenvalue weighted by molar-refractivity contribution is 0.404. The molecule has 3 heteroatoms. The fraction of sp³-hybridized carbons (Fsp3) is 0.400. The van der Waals surface area contributed by atoms with Crippen molar-refractivity contribution in [2.45, 2.75) is 32.1 Å². The smallest absolute Gasteiger partial charge is 0.147 e. The van der Waals surface area contributed by atoms with Crippen LogP contribution < -0.4 is 5.32 Å². The molecule has 1 aliphatic rings. The van der Waals surface area contributed by atoms with Crippen LogP contribution in [0.3, 0.4) is 0 Å². The van der Waals surface area contributed by atoms with Gasteiger partial charge in [-0.25, -0.2) is 0 Å². The van der Waals surface area contributed by atoms with Crippen molar-refractivity contribution in [3.8, 4) is 0 Å². The molecule has 2 aromatic rings. The Morgan fingerprint density at radius 1 is 1.39 bits per heavy atom. The average Bonchev–Trinajstić information content (AvgIpc) is 2.87. The second-order valence-corrected chi connectivity index (χ2v) is 4.79. The summed E-state index contributed by atoms with van der Waals surface area (Å²) in [5, 5.41) is 7.55. The molecule has 0 saturated heterocycles. The highest BCUT2D eigenvalue weighted by atomic mass is 16.5. The van der Waals surface area contributed by atoms with E-state index in [0.29, 0.717) is 5.92 Å². The van der Waals surface area contributed by atoms with Gasteiger partial charge in [-0.15, -0.1) is 0 Å². The molecule has 1 heterocycles. The largest absolute Gasteiger partial charge is 0.381 e. The normalized spacial score (nSPS) is 18.4. The van der Waals surface area contributed by atoms with Gasteiger partial charge in [-0.05, 0) is 37.3 Å². The summed E-state index contributed by atoms with van der Waals surface area (Å²) < 4.78 is 5.15. The molecule has 94 valence electrons. The first kappa shape index (κ1) is 11.3. The molecule has 0 bridgehead atoms. The number of hydrogen-bond donors (Lipinski definition) is 1. The van der Waals surface area contributed by atoms with E-state index in [1.165, 1.54) is 24.0 Å². The van der Waals surface area contributed by atoms with E-state index in [9.17, 15) is 0 Å². The highest BCUT2D eigenvalue weighted by Crippen LogP contribution is 2.38. The quantitative estimate of drug-likeness (QED) is 0.894. The molecule has 3 rings (SSSR count). The number of anilines is 1. The topological polar surface area (TPSA) is 38.1 Å². The van der Waals surface area contributed by atoms with E-state index >= 15 is 0 Å². The summed E-state index contributed by atoms with van der Waals surface area (Å²) in [5.41, 5.74) is 4.97. The standard InChI is InChI=1S/C15H18N2O/c1-2-16-14-10-18-17-15(14)13-9-5-7-11-6-3-4-8-12(11)13/h3-4,6,8,10,13,16H,2,5,7,9H2,1H3. The first-order chi connectivity index (χ1) is 8.90. The fourth-order valence-electron chi connectivity index (χ4n) is 2.86. The summed E-state index contributed by atoms with van der Waals surface area (Å²) in [6.45, 7) is 2.98. The van der Waals surface area contributed by atoms with Crippen LogP contribution in [0.15, 0.2) is 35.1 Å². The van der Waals surface area contributed by atoms with Crippen molar-refractivity contribution in [2.75, 3.05) is 11.9 Å². The van der Waals surface area contributed by atoms with Crippen LogP contribution in [-0.2, 0) is 6.42 Å². The van der Waals surface area contributed by atoms with Crippen molar-refractivity contribution in [3.05, 3.63) is 47.3 Å². The Bertz CT molecular complexity index is 533. The van der Waals surface area contributed by atoms with Crippen molar-refractivity contribution in [1.82, 2.24) is 5.16 Å². The van der Waals surface area contributed by atoms with E-state index in [2.05, 4.69) is 41.7 Å². The van der Waals surface area contributed by atoms with E-state index in [0.717, 1.165) is 24.3 Å². The lowest BCUT2D eigenvalue weighted by Crippen LogP contribution is -2.13. The lowest BCUT2D eigenvalue weighted by atomic mass is 9.81.